The van der Waals surface area contributed by atoms with E-state index in [-0.39, 0.29) is 0 Å². The lowest BCUT2D eigenvalue weighted by Gasteiger charge is -2.29. The van der Waals surface area contributed by atoms with Crippen molar-refractivity contribution in [2.45, 2.75) is 19.9 Å². The van der Waals surface area contributed by atoms with Gasteiger partial charge in [-0.05, 0) is 24.6 Å². The Bertz CT molecular complexity index is 355. The van der Waals surface area contributed by atoms with Gasteiger partial charge < -0.3 is 10.2 Å². The number of nitrogens with zero attached hydrogens (tertiary/aromatic N) is 2. The number of likely N-dealkylation sites (N-methyl/N-ethyl adjacent to an activating group) is 1. The summed E-state index contributed by atoms with van der Waals surface area (Å²) in [6.07, 6.45) is 1.12. The van der Waals surface area contributed by atoms with Gasteiger partial charge in [-0.3, -0.25) is 4.90 Å². The molecule has 3 heteroatoms. The first kappa shape index (κ1) is 14.5. The van der Waals surface area contributed by atoms with Crippen LogP contribution in [0.25, 0.3) is 0 Å². The number of piperazine rings is 1. The third-order valence-corrected chi connectivity index (χ3v) is 3.89. The number of hydrogen-bond acceptors (Lipinski definition) is 3. The lowest BCUT2D eigenvalue weighted by atomic mass is 10.1. The van der Waals surface area contributed by atoms with E-state index in [4.69, 9.17) is 0 Å². The Balaban J connectivity index is 1.71. The molecule has 3 nitrogen and oxygen atoms in total. The summed E-state index contributed by atoms with van der Waals surface area (Å²) in [5.74, 6) is 0. The molecule has 0 amide bonds. The summed E-state index contributed by atoms with van der Waals surface area (Å²) in [6, 6.07) is 9.03. The van der Waals surface area contributed by atoms with Crippen LogP contribution in [0, 0.1) is 0 Å². The van der Waals surface area contributed by atoms with Crippen LogP contribution in [0.4, 0.5) is 0 Å². The average molecular weight is 261 g/mol. The number of hydrogen-bond donors (Lipinski definition) is 1. The van der Waals surface area contributed by atoms with Crippen molar-refractivity contribution in [1.82, 2.24) is 15.1 Å². The number of rotatable bonds is 6. The van der Waals surface area contributed by atoms with E-state index in [0.29, 0.717) is 0 Å². The van der Waals surface area contributed by atoms with E-state index < -0.39 is 0 Å². The van der Waals surface area contributed by atoms with Crippen LogP contribution in [0.5, 0.6) is 0 Å². The van der Waals surface area contributed by atoms with Gasteiger partial charge in [-0.15, -0.1) is 0 Å². The predicted octanol–water partition coefficient (Wildman–Crippen LogP) is 1.59. The fraction of sp³-hybridized carbons (Fsp3) is 0.625. The lowest BCUT2D eigenvalue weighted by molar-refractivity contribution is 0.202. The van der Waals surface area contributed by atoms with E-state index in [9.17, 15) is 0 Å². The molecule has 0 atom stereocenters. The van der Waals surface area contributed by atoms with Gasteiger partial charge in [-0.25, -0.2) is 0 Å². The minimum absolute atomic E-state index is 1.05. The molecular formula is C16H27N3. The zero-order valence-electron chi connectivity index (χ0n) is 12.4. The fourth-order valence-electron chi connectivity index (χ4n) is 2.52. The third-order valence-electron chi connectivity index (χ3n) is 3.89. The summed E-state index contributed by atoms with van der Waals surface area (Å²) in [6.45, 7) is 10.3. The molecule has 1 fully saturated rings. The highest BCUT2D eigenvalue weighted by atomic mass is 15.2. The van der Waals surface area contributed by atoms with E-state index in [2.05, 4.69) is 53.4 Å². The van der Waals surface area contributed by atoms with Crippen LogP contribution in [-0.2, 0) is 13.0 Å². The van der Waals surface area contributed by atoms with Crippen LogP contribution < -0.4 is 5.32 Å². The second-order valence-electron chi connectivity index (χ2n) is 5.50. The summed E-state index contributed by atoms with van der Waals surface area (Å²) >= 11 is 0. The Morgan fingerprint density at radius 3 is 2.37 bits per heavy atom. The molecule has 1 aliphatic rings. The number of nitrogens with one attached hydrogen (secondary N) is 1. The van der Waals surface area contributed by atoms with Crippen LogP contribution in [0.15, 0.2) is 24.3 Å². The molecule has 0 aromatic heterocycles. The van der Waals surface area contributed by atoms with Crippen LogP contribution in [0.2, 0.25) is 0 Å². The molecule has 1 saturated heterocycles. The maximum absolute atomic E-state index is 3.40. The third kappa shape index (κ3) is 4.94. The van der Waals surface area contributed by atoms with Crippen molar-refractivity contribution in [2.75, 3.05) is 46.3 Å². The Labute approximate surface area is 117 Å². The normalized spacial score (nSPS) is 17.0. The van der Waals surface area contributed by atoms with Crippen molar-refractivity contribution in [3.8, 4) is 0 Å². The van der Waals surface area contributed by atoms with Crippen LogP contribution in [0.3, 0.4) is 0 Å². The zero-order valence-corrected chi connectivity index (χ0v) is 12.4. The maximum atomic E-state index is 3.40. The summed E-state index contributed by atoms with van der Waals surface area (Å²) in [7, 11) is 2.22. The molecule has 2 rings (SSSR count). The van der Waals surface area contributed by atoms with Crippen molar-refractivity contribution in [3.05, 3.63) is 35.4 Å². The van der Waals surface area contributed by atoms with Gasteiger partial charge in [0.05, 0.1) is 0 Å². The molecule has 0 bridgehead atoms. The van der Waals surface area contributed by atoms with Crippen molar-refractivity contribution >= 4 is 0 Å². The Hall–Kier alpha value is -0.900. The van der Waals surface area contributed by atoms with Crippen molar-refractivity contribution in [3.63, 3.8) is 0 Å². The summed E-state index contributed by atoms with van der Waals surface area (Å²) in [5.41, 5.74) is 2.84. The Morgan fingerprint density at radius 2 is 1.74 bits per heavy atom. The first-order chi connectivity index (χ1) is 9.28. The van der Waals surface area contributed by atoms with Crippen LogP contribution >= 0.6 is 0 Å². The Kier molecular flexibility index (Phi) is 5.83. The fourth-order valence-corrected chi connectivity index (χ4v) is 2.52. The highest BCUT2D eigenvalue weighted by molar-refractivity contribution is 5.22. The lowest BCUT2D eigenvalue weighted by Crippen LogP contribution is -2.45. The van der Waals surface area contributed by atoms with E-state index in [1.807, 2.05) is 0 Å². The van der Waals surface area contributed by atoms with E-state index in [1.165, 1.54) is 30.8 Å². The molecule has 0 spiro atoms. The minimum atomic E-state index is 1.05. The smallest absolute Gasteiger partial charge is 0.0231 e. The summed E-state index contributed by atoms with van der Waals surface area (Å²) < 4.78 is 0. The van der Waals surface area contributed by atoms with E-state index >= 15 is 0 Å². The summed E-state index contributed by atoms with van der Waals surface area (Å²) in [5, 5.41) is 3.40. The standard InChI is InChI=1S/C16H27N3/c1-3-15-4-6-16(7-5-15)14-18(2)12-13-19-10-8-17-9-11-19/h4-7,17H,3,8-14H2,1-2H3. The second kappa shape index (κ2) is 7.63. The largest absolute Gasteiger partial charge is 0.314 e. The van der Waals surface area contributed by atoms with Crippen LogP contribution in [-0.4, -0.2) is 56.1 Å². The van der Waals surface area contributed by atoms with Gasteiger partial charge in [0, 0.05) is 45.8 Å². The zero-order chi connectivity index (χ0) is 13.5. The maximum Gasteiger partial charge on any atom is 0.0231 e. The average Bonchev–Trinajstić information content (AvgIpc) is 2.47. The van der Waals surface area contributed by atoms with Crippen molar-refractivity contribution < 1.29 is 0 Å². The first-order valence-corrected chi connectivity index (χ1v) is 7.47. The molecule has 0 saturated carbocycles. The molecule has 1 heterocycles. The van der Waals surface area contributed by atoms with Gasteiger partial charge in [0.1, 0.15) is 0 Å². The molecule has 1 aliphatic heterocycles. The predicted molar refractivity (Wildman–Crippen MR) is 81.5 cm³/mol. The molecule has 19 heavy (non-hydrogen) atoms. The first-order valence-electron chi connectivity index (χ1n) is 7.47. The van der Waals surface area contributed by atoms with Crippen LogP contribution in [0.1, 0.15) is 18.1 Å². The molecule has 0 aliphatic carbocycles. The molecule has 1 aromatic rings. The van der Waals surface area contributed by atoms with Gasteiger partial charge in [-0.2, -0.15) is 0 Å². The van der Waals surface area contributed by atoms with Crippen molar-refractivity contribution in [1.29, 1.82) is 0 Å². The van der Waals surface area contributed by atoms with E-state index in [1.54, 1.807) is 0 Å². The SMILES string of the molecule is CCc1ccc(CN(C)CCN2CCNCC2)cc1. The topological polar surface area (TPSA) is 18.5 Å². The van der Waals surface area contributed by atoms with Crippen molar-refractivity contribution in [2.24, 2.45) is 0 Å². The van der Waals surface area contributed by atoms with Gasteiger partial charge in [0.25, 0.3) is 0 Å². The molecule has 106 valence electrons. The quantitative estimate of drug-likeness (QED) is 0.839. The number of benzene rings is 1. The summed E-state index contributed by atoms with van der Waals surface area (Å²) in [4.78, 5) is 4.97. The molecule has 0 radical (unpaired) electrons. The second-order valence-corrected chi connectivity index (χ2v) is 5.50. The highest BCUT2D eigenvalue weighted by Gasteiger charge is 2.10. The molecular weight excluding hydrogens is 234 g/mol. The Morgan fingerprint density at radius 1 is 1.11 bits per heavy atom. The molecule has 0 unspecified atom stereocenters. The highest BCUT2D eigenvalue weighted by Crippen LogP contribution is 2.07. The van der Waals surface area contributed by atoms with E-state index in [0.717, 1.165) is 32.6 Å². The van der Waals surface area contributed by atoms with Gasteiger partial charge >= 0.3 is 0 Å². The van der Waals surface area contributed by atoms with Gasteiger partial charge in [0.2, 0.25) is 0 Å². The van der Waals surface area contributed by atoms with Gasteiger partial charge in [-0.1, -0.05) is 31.2 Å². The monoisotopic (exact) mass is 261 g/mol. The molecule has 1 N–H and O–H groups in total. The van der Waals surface area contributed by atoms with Gasteiger partial charge in [0.15, 0.2) is 0 Å². The number of aryl methyl sites for hydroxylation is 1. The minimum Gasteiger partial charge on any atom is -0.314 e. The molecule has 1 aromatic carbocycles.